The summed E-state index contributed by atoms with van der Waals surface area (Å²) in [5.74, 6) is 1.37. The third-order valence-corrected chi connectivity index (χ3v) is 9.18. The van der Waals surface area contributed by atoms with Gasteiger partial charge < -0.3 is 10.2 Å². The Bertz CT molecular complexity index is 1280. The van der Waals surface area contributed by atoms with E-state index in [4.69, 9.17) is 16.6 Å². The van der Waals surface area contributed by atoms with E-state index in [1.165, 1.54) is 0 Å². The van der Waals surface area contributed by atoms with Crippen molar-refractivity contribution in [1.82, 2.24) is 20.2 Å². The molecule has 8 heteroatoms. The van der Waals surface area contributed by atoms with E-state index in [2.05, 4.69) is 21.7 Å². The summed E-state index contributed by atoms with van der Waals surface area (Å²) in [5, 5.41) is 7.27. The zero-order valence-electron chi connectivity index (χ0n) is 19.4. The van der Waals surface area contributed by atoms with Crippen LogP contribution in [0.2, 0.25) is 5.02 Å². The van der Waals surface area contributed by atoms with Crippen molar-refractivity contribution in [2.45, 2.75) is 68.5 Å². The number of carbonyl (C=O) groups is 1. The fraction of sp³-hybridized carbons (Fsp3) is 0.500. The van der Waals surface area contributed by atoms with Crippen LogP contribution in [0.15, 0.2) is 29.6 Å². The summed E-state index contributed by atoms with van der Waals surface area (Å²) < 4.78 is 13.8. The van der Waals surface area contributed by atoms with Crippen LogP contribution < -0.4 is 5.32 Å². The van der Waals surface area contributed by atoms with Crippen molar-refractivity contribution in [2.75, 3.05) is 13.7 Å². The molecule has 1 aliphatic carbocycles. The van der Waals surface area contributed by atoms with Crippen LogP contribution in [0, 0.1) is 6.92 Å². The standard InChI is InChI=1S/C26H28ClFN4OS/c1-14-29-23(19-6-8-34-24(19)30-14)21-11-20(21)18-4-3-15(9-22(18)27)25(33)32(2)17-10-16-5-7-26(12-17,13-28)31-16/h3-4,6,8-9,16-17,20-21,31H,5,7,10-13H2,1-2H3/t16-,17-,20+,21-,26+/m0/s1. The van der Waals surface area contributed by atoms with Gasteiger partial charge in [0.2, 0.25) is 0 Å². The molecule has 1 aromatic carbocycles. The second-order valence-electron chi connectivity index (χ2n) is 10.3. The third-order valence-electron chi connectivity index (χ3n) is 8.04. The summed E-state index contributed by atoms with van der Waals surface area (Å²) >= 11 is 8.36. The van der Waals surface area contributed by atoms with Gasteiger partial charge in [-0.15, -0.1) is 11.3 Å². The highest BCUT2D eigenvalue weighted by Gasteiger charge is 2.47. The topological polar surface area (TPSA) is 58.1 Å². The lowest BCUT2D eigenvalue weighted by molar-refractivity contribution is 0.0616. The smallest absolute Gasteiger partial charge is 0.253 e. The van der Waals surface area contributed by atoms with Crippen molar-refractivity contribution in [3.63, 3.8) is 0 Å². The molecule has 2 bridgehead atoms. The van der Waals surface area contributed by atoms with E-state index in [0.717, 1.165) is 53.0 Å². The molecule has 178 valence electrons. The van der Waals surface area contributed by atoms with E-state index in [1.54, 1.807) is 22.3 Å². The molecule has 2 aliphatic heterocycles. The van der Waals surface area contributed by atoms with E-state index < -0.39 is 5.54 Å². The Hall–Kier alpha value is -2.09. The normalized spacial score (nSPS) is 30.0. The Morgan fingerprint density at radius 1 is 1.29 bits per heavy atom. The number of halogens is 2. The van der Waals surface area contributed by atoms with Crippen LogP contribution in [0.1, 0.15) is 71.4 Å². The second kappa shape index (κ2) is 8.25. The average molecular weight is 499 g/mol. The number of nitrogens with one attached hydrogen (secondary N) is 1. The lowest BCUT2D eigenvalue weighted by Crippen LogP contribution is -2.56. The molecule has 0 spiro atoms. The molecular weight excluding hydrogens is 471 g/mol. The SMILES string of the molecule is Cc1nc([C@H]2C[C@@H]2c2ccc(C(=O)N(C)[C@H]3C[C@@H]4CC[C@](CF)(C3)N4)cc2Cl)c2ccsc2n1. The zero-order chi connectivity index (χ0) is 23.6. The number of rotatable bonds is 5. The van der Waals surface area contributed by atoms with Crippen molar-refractivity contribution in [1.29, 1.82) is 0 Å². The van der Waals surface area contributed by atoms with Gasteiger partial charge in [0, 0.05) is 46.6 Å². The maximum absolute atomic E-state index is 13.8. The maximum Gasteiger partial charge on any atom is 0.253 e. The van der Waals surface area contributed by atoms with Crippen LogP contribution in [0.3, 0.4) is 0 Å². The molecule has 34 heavy (non-hydrogen) atoms. The minimum absolute atomic E-state index is 0.0392. The van der Waals surface area contributed by atoms with E-state index in [1.807, 2.05) is 26.1 Å². The number of amides is 1. The Morgan fingerprint density at radius 2 is 2.15 bits per heavy atom. The molecule has 3 aliphatic rings. The lowest BCUT2D eigenvalue weighted by Gasteiger charge is -2.41. The Labute approximate surface area is 207 Å². The van der Waals surface area contributed by atoms with Gasteiger partial charge >= 0.3 is 0 Å². The molecule has 4 heterocycles. The van der Waals surface area contributed by atoms with Crippen LogP contribution in [-0.4, -0.2) is 52.1 Å². The molecule has 2 aromatic heterocycles. The molecule has 0 radical (unpaired) electrons. The molecular formula is C26H28ClFN4OS. The van der Waals surface area contributed by atoms with Crippen molar-refractivity contribution in [2.24, 2.45) is 0 Å². The first kappa shape index (κ1) is 22.4. The minimum atomic E-state index is -0.460. The highest BCUT2D eigenvalue weighted by molar-refractivity contribution is 7.16. The van der Waals surface area contributed by atoms with Crippen molar-refractivity contribution in [3.05, 3.63) is 57.3 Å². The zero-order valence-corrected chi connectivity index (χ0v) is 20.9. The van der Waals surface area contributed by atoms with Crippen molar-refractivity contribution < 1.29 is 9.18 Å². The largest absolute Gasteiger partial charge is 0.339 e. The number of piperidine rings is 1. The van der Waals surface area contributed by atoms with Crippen molar-refractivity contribution in [3.8, 4) is 0 Å². The summed E-state index contributed by atoms with van der Waals surface area (Å²) in [4.78, 5) is 25.4. The number of aryl methyl sites for hydroxylation is 1. The predicted octanol–water partition coefficient (Wildman–Crippen LogP) is 5.62. The molecule has 5 nitrogen and oxygen atoms in total. The summed E-state index contributed by atoms with van der Waals surface area (Å²) in [7, 11) is 1.84. The molecule has 6 rings (SSSR count). The van der Waals surface area contributed by atoms with Gasteiger partial charge in [0.05, 0.1) is 5.69 Å². The van der Waals surface area contributed by atoms with Crippen LogP contribution in [0.25, 0.3) is 10.2 Å². The highest BCUT2D eigenvalue weighted by Crippen LogP contribution is 2.57. The predicted molar refractivity (Wildman–Crippen MR) is 134 cm³/mol. The molecule has 0 unspecified atom stereocenters. The van der Waals surface area contributed by atoms with E-state index in [-0.39, 0.29) is 18.6 Å². The second-order valence-corrected chi connectivity index (χ2v) is 11.6. The van der Waals surface area contributed by atoms with Gasteiger partial charge in [-0.2, -0.15) is 0 Å². The maximum atomic E-state index is 13.8. The van der Waals surface area contributed by atoms with Gasteiger partial charge in [-0.05, 0) is 74.1 Å². The van der Waals surface area contributed by atoms with Crippen LogP contribution in [0.5, 0.6) is 0 Å². The Morgan fingerprint density at radius 3 is 2.94 bits per heavy atom. The number of aromatic nitrogens is 2. The van der Waals surface area contributed by atoms with Crippen molar-refractivity contribution >= 4 is 39.1 Å². The Balaban J connectivity index is 1.20. The Kier molecular flexibility index (Phi) is 5.43. The number of hydrogen-bond donors (Lipinski definition) is 1. The quantitative estimate of drug-likeness (QED) is 0.496. The molecule has 3 fully saturated rings. The number of alkyl halides is 1. The molecule has 5 atom stereocenters. The first-order chi connectivity index (χ1) is 16.4. The molecule has 1 N–H and O–H groups in total. The first-order valence-corrected chi connectivity index (χ1v) is 13.3. The summed E-state index contributed by atoms with van der Waals surface area (Å²) in [5.41, 5.74) is 2.30. The number of fused-ring (bicyclic) bond motifs is 3. The van der Waals surface area contributed by atoms with Gasteiger partial charge in [0.15, 0.2) is 0 Å². The number of thiophene rings is 1. The van der Waals surface area contributed by atoms with Gasteiger partial charge in [0.25, 0.3) is 5.91 Å². The number of nitrogens with zero attached hydrogens (tertiary/aromatic N) is 3. The fourth-order valence-electron chi connectivity index (χ4n) is 6.13. The molecule has 1 saturated carbocycles. The number of carbonyl (C=O) groups excluding carboxylic acids is 1. The average Bonchev–Trinajstić information content (AvgIpc) is 3.37. The van der Waals surface area contributed by atoms with Crippen LogP contribution in [-0.2, 0) is 0 Å². The lowest BCUT2D eigenvalue weighted by atomic mass is 9.87. The minimum Gasteiger partial charge on any atom is -0.339 e. The third kappa shape index (κ3) is 3.73. The summed E-state index contributed by atoms with van der Waals surface area (Å²) in [6.45, 7) is 1.56. The number of hydrogen-bond acceptors (Lipinski definition) is 5. The number of benzene rings is 1. The summed E-state index contributed by atoms with van der Waals surface area (Å²) in [6, 6.07) is 8.13. The monoisotopic (exact) mass is 498 g/mol. The van der Waals surface area contributed by atoms with E-state index in [0.29, 0.717) is 34.9 Å². The highest BCUT2D eigenvalue weighted by atomic mass is 35.5. The van der Waals surface area contributed by atoms with Crippen LogP contribution >= 0.6 is 22.9 Å². The molecule has 3 aromatic rings. The van der Waals surface area contributed by atoms with Gasteiger partial charge in [0.1, 0.15) is 17.3 Å². The molecule has 2 saturated heterocycles. The summed E-state index contributed by atoms with van der Waals surface area (Å²) in [6.07, 6.45) is 4.35. The van der Waals surface area contributed by atoms with Gasteiger partial charge in [-0.3, -0.25) is 4.79 Å². The van der Waals surface area contributed by atoms with Gasteiger partial charge in [-0.25, -0.2) is 14.4 Å². The van der Waals surface area contributed by atoms with E-state index in [9.17, 15) is 9.18 Å². The van der Waals surface area contributed by atoms with Gasteiger partial charge in [-0.1, -0.05) is 17.7 Å². The van der Waals surface area contributed by atoms with Crippen LogP contribution in [0.4, 0.5) is 4.39 Å². The fourth-order valence-corrected chi connectivity index (χ4v) is 7.26. The first-order valence-electron chi connectivity index (χ1n) is 12.0. The van der Waals surface area contributed by atoms with E-state index >= 15 is 0 Å². The molecule has 1 amide bonds.